The van der Waals surface area contributed by atoms with E-state index in [2.05, 4.69) is 0 Å². The second kappa shape index (κ2) is 6.88. The Morgan fingerprint density at radius 2 is 1.92 bits per heavy atom. The SMILES string of the molecule is CCOC(=O)CN1C(=O)S/C(=C/c2cccc3ccccc23)C1=O. The summed E-state index contributed by atoms with van der Waals surface area (Å²) in [4.78, 5) is 37.2. The van der Waals surface area contributed by atoms with Crippen LogP contribution in [-0.4, -0.2) is 35.2 Å². The number of rotatable bonds is 4. The number of carbonyl (C=O) groups is 3. The predicted molar refractivity (Wildman–Crippen MR) is 93.3 cm³/mol. The van der Waals surface area contributed by atoms with Crippen LogP contribution in [0.3, 0.4) is 0 Å². The molecule has 1 aliphatic rings. The van der Waals surface area contributed by atoms with E-state index in [4.69, 9.17) is 4.74 Å². The zero-order chi connectivity index (χ0) is 17.1. The Morgan fingerprint density at radius 1 is 1.17 bits per heavy atom. The first-order valence-corrected chi connectivity index (χ1v) is 8.30. The largest absolute Gasteiger partial charge is 0.465 e. The Bertz CT molecular complexity index is 854. The molecule has 0 bridgehead atoms. The van der Waals surface area contributed by atoms with Gasteiger partial charge in [-0.15, -0.1) is 0 Å². The van der Waals surface area contributed by atoms with E-state index in [-0.39, 0.29) is 13.2 Å². The quantitative estimate of drug-likeness (QED) is 0.630. The molecule has 1 heterocycles. The molecule has 2 amide bonds. The minimum absolute atomic E-state index is 0.209. The Kier molecular flexibility index (Phi) is 4.66. The Balaban J connectivity index is 1.89. The summed E-state index contributed by atoms with van der Waals surface area (Å²) >= 11 is 0.836. The van der Waals surface area contributed by atoms with E-state index in [1.54, 1.807) is 13.0 Å². The van der Waals surface area contributed by atoms with Gasteiger partial charge in [0.2, 0.25) is 0 Å². The third kappa shape index (κ3) is 3.19. The summed E-state index contributed by atoms with van der Waals surface area (Å²) in [6.45, 7) is 1.53. The van der Waals surface area contributed by atoms with Gasteiger partial charge < -0.3 is 4.74 Å². The molecule has 0 unspecified atom stereocenters. The van der Waals surface area contributed by atoms with Crippen LogP contribution in [0.25, 0.3) is 16.8 Å². The normalized spacial score (nSPS) is 16.2. The average molecular weight is 341 g/mol. The lowest BCUT2D eigenvalue weighted by Crippen LogP contribution is -2.34. The number of carbonyl (C=O) groups excluding carboxylic acids is 3. The topological polar surface area (TPSA) is 63.7 Å². The number of ether oxygens (including phenoxy) is 1. The summed E-state index contributed by atoms with van der Waals surface area (Å²) < 4.78 is 4.80. The van der Waals surface area contributed by atoms with Gasteiger partial charge in [0.15, 0.2) is 0 Å². The van der Waals surface area contributed by atoms with E-state index in [9.17, 15) is 14.4 Å². The van der Waals surface area contributed by atoms with Gasteiger partial charge in [0.1, 0.15) is 6.54 Å². The van der Waals surface area contributed by atoms with Crippen LogP contribution in [-0.2, 0) is 14.3 Å². The maximum atomic E-state index is 12.4. The molecule has 2 aromatic carbocycles. The van der Waals surface area contributed by atoms with Gasteiger partial charge in [-0.1, -0.05) is 42.5 Å². The third-order valence-electron chi connectivity index (χ3n) is 3.58. The molecule has 1 saturated heterocycles. The van der Waals surface area contributed by atoms with Gasteiger partial charge in [-0.25, -0.2) is 0 Å². The van der Waals surface area contributed by atoms with Crippen LogP contribution in [0.1, 0.15) is 12.5 Å². The summed E-state index contributed by atoms with van der Waals surface area (Å²) in [6, 6.07) is 13.6. The predicted octanol–water partition coefficient (Wildman–Crippen LogP) is 3.44. The Hall–Kier alpha value is -2.60. The highest BCUT2D eigenvalue weighted by Gasteiger charge is 2.36. The third-order valence-corrected chi connectivity index (χ3v) is 4.48. The summed E-state index contributed by atoms with van der Waals surface area (Å²) in [7, 11) is 0. The monoisotopic (exact) mass is 341 g/mol. The first kappa shape index (κ1) is 16.3. The van der Waals surface area contributed by atoms with Crippen molar-refractivity contribution < 1.29 is 19.1 Å². The molecule has 1 fully saturated rings. The second-order valence-electron chi connectivity index (χ2n) is 5.14. The average Bonchev–Trinajstić information content (AvgIpc) is 2.83. The summed E-state index contributed by atoms with van der Waals surface area (Å²) in [5.74, 6) is -1.06. The van der Waals surface area contributed by atoms with Crippen molar-refractivity contribution in [2.45, 2.75) is 6.92 Å². The number of imide groups is 1. The van der Waals surface area contributed by atoms with Crippen LogP contribution in [0, 0.1) is 0 Å². The number of esters is 1. The fourth-order valence-electron chi connectivity index (χ4n) is 2.49. The van der Waals surface area contributed by atoms with E-state index >= 15 is 0 Å². The maximum absolute atomic E-state index is 12.4. The molecule has 122 valence electrons. The smallest absolute Gasteiger partial charge is 0.326 e. The standard InChI is InChI=1S/C18H15NO4S/c1-2-23-16(20)11-19-17(21)15(24-18(19)22)10-13-8-5-7-12-6-3-4-9-14(12)13/h3-10H,2,11H2,1H3/b15-10+. The second-order valence-corrected chi connectivity index (χ2v) is 6.13. The number of hydrogen-bond acceptors (Lipinski definition) is 5. The van der Waals surface area contributed by atoms with Crippen molar-refractivity contribution in [3.8, 4) is 0 Å². The number of benzene rings is 2. The van der Waals surface area contributed by atoms with Gasteiger partial charge in [0.05, 0.1) is 11.5 Å². The fraction of sp³-hybridized carbons (Fsp3) is 0.167. The zero-order valence-corrected chi connectivity index (χ0v) is 13.8. The van der Waals surface area contributed by atoms with Crippen LogP contribution < -0.4 is 0 Å². The van der Waals surface area contributed by atoms with Gasteiger partial charge in [0, 0.05) is 0 Å². The minimum atomic E-state index is -0.591. The molecule has 0 N–H and O–H groups in total. The highest BCUT2D eigenvalue weighted by molar-refractivity contribution is 8.18. The van der Waals surface area contributed by atoms with E-state index < -0.39 is 17.1 Å². The molecule has 0 aliphatic carbocycles. The lowest BCUT2D eigenvalue weighted by atomic mass is 10.0. The molecule has 5 nitrogen and oxygen atoms in total. The lowest BCUT2D eigenvalue weighted by Gasteiger charge is -2.10. The van der Waals surface area contributed by atoms with E-state index in [1.165, 1.54) is 0 Å². The van der Waals surface area contributed by atoms with Crippen LogP contribution >= 0.6 is 11.8 Å². The molecule has 0 saturated carbocycles. The molecular formula is C18H15NO4S. The van der Waals surface area contributed by atoms with Crippen molar-refractivity contribution in [1.29, 1.82) is 0 Å². The fourth-order valence-corrected chi connectivity index (χ4v) is 3.32. The van der Waals surface area contributed by atoms with E-state index in [0.717, 1.165) is 33.0 Å². The maximum Gasteiger partial charge on any atom is 0.326 e. The lowest BCUT2D eigenvalue weighted by molar-refractivity contribution is -0.145. The number of amides is 2. The van der Waals surface area contributed by atoms with Crippen LogP contribution in [0.15, 0.2) is 47.4 Å². The van der Waals surface area contributed by atoms with Crippen LogP contribution in [0.4, 0.5) is 4.79 Å². The molecule has 0 aromatic heterocycles. The van der Waals surface area contributed by atoms with Crippen molar-refractivity contribution >= 4 is 45.7 Å². The first-order valence-electron chi connectivity index (χ1n) is 7.49. The summed E-state index contributed by atoms with van der Waals surface area (Å²) in [6.07, 6.45) is 1.69. The number of hydrogen-bond donors (Lipinski definition) is 0. The van der Waals surface area contributed by atoms with Crippen molar-refractivity contribution in [1.82, 2.24) is 4.90 Å². The summed E-state index contributed by atoms with van der Waals surface area (Å²) in [5.41, 5.74) is 0.856. The van der Waals surface area contributed by atoms with Crippen LogP contribution in [0.5, 0.6) is 0 Å². The highest BCUT2D eigenvalue weighted by atomic mass is 32.2. The molecule has 0 radical (unpaired) electrons. The van der Waals surface area contributed by atoms with Gasteiger partial charge in [-0.05, 0) is 41.1 Å². The molecule has 3 rings (SSSR count). The van der Waals surface area contributed by atoms with Gasteiger partial charge in [-0.3, -0.25) is 19.3 Å². The molecule has 6 heteroatoms. The number of fused-ring (bicyclic) bond motifs is 1. The van der Waals surface area contributed by atoms with Crippen molar-refractivity contribution in [2.75, 3.05) is 13.2 Å². The molecular weight excluding hydrogens is 326 g/mol. The Labute approximate surface area is 143 Å². The van der Waals surface area contributed by atoms with Crippen molar-refractivity contribution in [2.24, 2.45) is 0 Å². The first-order chi connectivity index (χ1) is 11.6. The van der Waals surface area contributed by atoms with Gasteiger partial charge >= 0.3 is 5.97 Å². The highest BCUT2D eigenvalue weighted by Crippen LogP contribution is 2.33. The van der Waals surface area contributed by atoms with Crippen molar-refractivity contribution in [3.05, 3.63) is 52.9 Å². The van der Waals surface area contributed by atoms with E-state index in [1.807, 2.05) is 42.5 Å². The van der Waals surface area contributed by atoms with E-state index in [0.29, 0.717) is 4.91 Å². The zero-order valence-electron chi connectivity index (χ0n) is 13.0. The number of thioether (sulfide) groups is 1. The number of nitrogens with zero attached hydrogens (tertiary/aromatic N) is 1. The summed E-state index contributed by atoms with van der Waals surface area (Å²) in [5, 5.41) is 1.59. The van der Waals surface area contributed by atoms with Crippen molar-refractivity contribution in [3.63, 3.8) is 0 Å². The van der Waals surface area contributed by atoms with Crippen LogP contribution in [0.2, 0.25) is 0 Å². The molecule has 0 spiro atoms. The molecule has 24 heavy (non-hydrogen) atoms. The Morgan fingerprint density at radius 3 is 2.71 bits per heavy atom. The van der Waals surface area contributed by atoms with Gasteiger partial charge in [-0.2, -0.15) is 0 Å². The molecule has 2 aromatic rings. The minimum Gasteiger partial charge on any atom is -0.465 e. The molecule has 0 atom stereocenters. The molecule has 1 aliphatic heterocycles. The van der Waals surface area contributed by atoms with Gasteiger partial charge in [0.25, 0.3) is 11.1 Å².